The highest BCUT2D eigenvalue weighted by Crippen LogP contribution is 2.36. The fourth-order valence-corrected chi connectivity index (χ4v) is 4.16. The molecule has 1 aromatic heterocycles. The lowest BCUT2D eigenvalue weighted by molar-refractivity contribution is 0.0332. The molecule has 2 aliphatic heterocycles. The second kappa shape index (κ2) is 9.13. The fraction of sp³-hybridized carbons (Fsp3) is 0.292. The van der Waals surface area contributed by atoms with Crippen molar-refractivity contribution in [1.82, 2.24) is 14.9 Å². The lowest BCUT2D eigenvalue weighted by atomic mass is 9.95. The molecule has 5 rings (SSSR count). The van der Waals surface area contributed by atoms with Gasteiger partial charge in [0.2, 0.25) is 5.95 Å². The van der Waals surface area contributed by atoms with E-state index in [2.05, 4.69) is 20.3 Å². The number of rotatable bonds is 5. The molecular weight excluding hydrogens is 448 g/mol. The summed E-state index contributed by atoms with van der Waals surface area (Å²) in [5.74, 6) is -1.25. The van der Waals surface area contributed by atoms with Crippen molar-refractivity contribution in [1.29, 1.82) is 0 Å². The molecule has 1 N–H and O–H groups in total. The van der Waals surface area contributed by atoms with Crippen LogP contribution in [0.5, 0.6) is 0 Å². The molecule has 1 saturated heterocycles. The van der Waals surface area contributed by atoms with E-state index < -0.39 is 17.6 Å². The second-order valence-electron chi connectivity index (χ2n) is 8.16. The van der Waals surface area contributed by atoms with Crippen molar-refractivity contribution in [3.05, 3.63) is 75.6 Å². The third-order valence-electron chi connectivity index (χ3n) is 5.89. The van der Waals surface area contributed by atoms with E-state index in [1.165, 1.54) is 12.1 Å². The third-order valence-corrected chi connectivity index (χ3v) is 6.30. The second-order valence-corrected chi connectivity index (χ2v) is 8.57. The number of hydrogen-bond donors (Lipinski definition) is 1. The first-order valence-electron chi connectivity index (χ1n) is 10.7. The molecule has 3 aromatic rings. The van der Waals surface area contributed by atoms with Gasteiger partial charge in [-0.25, -0.2) is 18.7 Å². The molecule has 0 saturated carbocycles. The Labute approximate surface area is 195 Å². The summed E-state index contributed by atoms with van der Waals surface area (Å²) in [6.45, 7) is 4.59. The van der Waals surface area contributed by atoms with E-state index in [1.54, 1.807) is 18.5 Å². The van der Waals surface area contributed by atoms with Crippen LogP contribution in [0.2, 0.25) is 5.02 Å². The van der Waals surface area contributed by atoms with Crippen LogP contribution in [0.3, 0.4) is 0 Å². The Morgan fingerprint density at radius 1 is 1.15 bits per heavy atom. The van der Waals surface area contributed by atoms with Crippen LogP contribution in [0.25, 0.3) is 0 Å². The molecule has 9 heteroatoms. The van der Waals surface area contributed by atoms with Crippen LogP contribution in [0, 0.1) is 18.6 Å². The van der Waals surface area contributed by atoms with Gasteiger partial charge in [-0.05, 0) is 42.3 Å². The molecule has 3 heterocycles. The maximum Gasteiger partial charge on any atom is 0.227 e. The minimum absolute atomic E-state index is 0.0668. The van der Waals surface area contributed by atoms with Crippen LogP contribution in [0.4, 0.5) is 26.1 Å². The van der Waals surface area contributed by atoms with Gasteiger partial charge in [0.15, 0.2) is 0 Å². The van der Waals surface area contributed by atoms with Crippen LogP contribution in [-0.4, -0.2) is 47.4 Å². The molecule has 1 fully saturated rings. The number of halogens is 3. The quantitative estimate of drug-likeness (QED) is 0.560. The molecule has 2 aliphatic rings. The number of aliphatic imine (C=N–C) groups is 1. The van der Waals surface area contributed by atoms with Crippen molar-refractivity contribution < 1.29 is 13.5 Å². The minimum atomic E-state index is -0.569. The Kier molecular flexibility index (Phi) is 6.05. The summed E-state index contributed by atoms with van der Waals surface area (Å²) in [4.78, 5) is 15.2. The summed E-state index contributed by atoms with van der Waals surface area (Å²) >= 11 is 6.20. The summed E-state index contributed by atoms with van der Waals surface area (Å²) in [6.07, 6.45) is 3.23. The zero-order valence-electron chi connectivity index (χ0n) is 18.0. The molecule has 6 nitrogen and oxygen atoms in total. The summed E-state index contributed by atoms with van der Waals surface area (Å²) in [7, 11) is 0. The predicted molar refractivity (Wildman–Crippen MR) is 124 cm³/mol. The van der Waals surface area contributed by atoms with E-state index in [0.29, 0.717) is 54.2 Å². The van der Waals surface area contributed by atoms with Gasteiger partial charge in [-0.1, -0.05) is 17.7 Å². The van der Waals surface area contributed by atoms with E-state index in [0.717, 1.165) is 11.3 Å². The van der Waals surface area contributed by atoms with Crippen molar-refractivity contribution in [2.45, 2.75) is 19.4 Å². The van der Waals surface area contributed by atoms with Crippen LogP contribution in [0.1, 0.15) is 28.3 Å². The first kappa shape index (κ1) is 21.9. The van der Waals surface area contributed by atoms with Crippen LogP contribution in [-0.2, 0) is 11.3 Å². The van der Waals surface area contributed by atoms with Gasteiger partial charge in [0, 0.05) is 42.1 Å². The van der Waals surface area contributed by atoms with Crippen molar-refractivity contribution >= 4 is 35.1 Å². The van der Waals surface area contributed by atoms with Crippen LogP contribution >= 0.6 is 11.6 Å². The number of aryl methyl sites for hydroxylation is 1. The van der Waals surface area contributed by atoms with Crippen molar-refractivity contribution in [2.75, 3.05) is 31.6 Å². The standard InChI is InChI=1S/C24H22ClF2N5O/c1-14-2-3-16(10-19(14)25)30-24-29-12-22-23(31-24)17(11-28-22)15-8-20(26)18(21(27)9-15)13-32-4-6-33-7-5-32/h2-3,8-12,17H,4-7,13H2,1H3,(H,29,30,31). The lowest BCUT2D eigenvalue weighted by Gasteiger charge is -2.27. The lowest BCUT2D eigenvalue weighted by Crippen LogP contribution is -2.36. The maximum atomic E-state index is 14.9. The number of nitrogens with one attached hydrogen (secondary N) is 1. The molecule has 0 spiro atoms. The molecule has 33 heavy (non-hydrogen) atoms. The van der Waals surface area contributed by atoms with E-state index in [1.807, 2.05) is 24.0 Å². The van der Waals surface area contributed by atoms with Gasteiger partial charge in [-0.15, -0.1) is 0 Å². The summed E-state index contributed by atoms with van der Waals surface area (Å²) in [5, 5.41) is 3.76. The Bertz CT molecular complexity index is 1210. The highest BCUT2D eigenvalue weighted by molar-refractivity contribution is 6.31. The summed E-state index contributed by atoms with van der Waals surface area (Å²) in [5.41, 5.74) is 3.40. The molecule has 0 aliphatic carbocycles. The number of morpholine rings is 1. The SMILES string of the molecule is Cc1ccc(Nc2ncc3c(n2)C(c2cc(F)c(CN4CCOCC4)c(F)c2)C=N3)cc1Cl. The van der Waals surface area contributed by atoms with Gasteiger partial charge in [-0.3, -0.25) is 9.89 Å². The molecule has 0 bridgehead atoms. The smallest absolute Gasteiger partial charge is 0.227 e. The Morgan fingerprint density at radius 3 is 2.64 bits per heavy atom. The molecule has 0 amide bonds. The topological polar surface area (TPSA) is 62.6 Å². The van der Waals surface area contributed by atoms with Gasteiger partial charge in [0.05, 0.1) is 31.0 Å². The number of hydrogen-bond acceptors (Lipinski definition) is 6. The molecule has 0 radical (unpaired) electrons. The Morgan fingerprint density at radius 2 is 1.91 bits per heavy atom. The average Bonchev–Trinajstić information content (AvgIpc) is 3.23. The summed E-state index contributed by atoms with van der Waals surface area (Å²) in [6, 6.07) is 8.32. The van der Waals surface area contributed by atoms with E-state index >= 15 is 0 Å². The fourth-order valence-electron chi connectivity index (χ4n) is 3.98. The highest BCUT2D eigenvalue weighted by Gasteiger charge is 2.26. The Balaban J connectivity index is 1.39. The van der Waals surface area contributed by atoms with Crippen LogP contribution < -0.4 is 5.32 Å². The first-order valence-corrected chi connectivity index (χ1v) is 11.1. The van der Waals surface area contributed by atoms with Crippen molar-refractivity contribution in [2.24, 2.45) is 4.99 Å². The molecular formula is C24H22ClF2N5O. The predicted octanol–water partition coefficient (Wildman–Crippen LogP) is 5.14. The molecule has 170 valence electrons. The van der Waals surface area contributed by atoms with E-state index in [9.17, 15) is 8.78 Å². The Hall–Kier alpha value is -2.94. The highest BCUT2D eigenvalue weighted by atomic mass is 35.5. The number of nitrogens with zero attached hydrogens (tertiary/aromatic N) is 4. The van der Waals surface area contributed by atoms with Gasteiger partial charge in [0.1, 0.15) is 17.3 Å². The maximum absolute atomic E-state index is 14.9. The van der Waals surface area contributed by atoms with E-state index in [-0.39, 0.29) is 12.1 Å². The third kappa shape index (κ3) is 4.59. The molecule has 1 unspecified atom stereocenters. The average molecular weight is 470 g/mol. The normalized spacial score (nSPS) is 17.9. The largest absolute Gasteiger partial charge is 0.379 e. The molecule has 2 aromatic carbocycles. The van der Waals surface area contributed by atoms with Gasteiger partial charge < -0.3 is 10.1 Å². The van der Waals surface area contributed by atoms with E-state index in [4.69, 9.17) is 16.3 Å². The zero-order chi connectivity index (χ0) is 22.9. The monoisotopic (exact) mass is 469 g/mol. The molecule has 1 atom stereocenters. The van der Waals surface area contributed by atoms with Gasteiger partial charge in [0.25, 0.3) is 0 Å². The summed E-state index contributed by atoms with van der Waals surface area (Å²) < 4.78 is 35.2. The van der Waals surface area contributed by atoms with Crippen LogP contribution in [0.15, 0.2) is 41.5 Å². The number of anilines is 2. The van der Waals surface area contributed by atoms with Gasteiger partial charge >= 0.3 is 0 Å². The first-order chi connectivity index (χ1) is 16.0. The number of aromatic nitrogens is 2. The number of fused-ring (bicyclic) bond motifs is 1. The van der Waals surface area contributed by atoms with Crippen molar-refractivity contribution in [3.63, 3.8) is 0 Å². The van der Waals surface area contributed by atoms with Gasteiger partial charge in [-0.2, -0.15) is 0 Å². The number of benzene rings is 2. The minimum Gasteiger partial charge on any atom is -0.379 e. The van der Waals surface area contributed by atoms with Crippen molar-refractivity contribution in [3.8, 4) is 0 Å². The zero-order valence-corrected chi connectivity index (χ0v) is 18.7. The number of ether oxygens (including phenoxy) is 1.